The third-order valence-electron chi connectivity index (χ3n) is 3.33. The summed E-state index contributed by atoms with van der Waals surface area (Å²) >= 11 is 0. The molecule has 1 heteroatoms. The molecule has 68 valence electrons. The summed E-state index contributed by atoms with van der Waals surface area (Å²) in [5.41, 5.74) is 1.47. The van der Waals surface area contributed by atoms with Crippen LogP contribution in [0, 0.1) is 0 Å². The SMILES string of the molecule is c1ccc([C@@H]2C[C@H]3CC[C@@H]2O3)cc1. The maximum atomic E-state index is 5.84. The van der Waals surface area contributed by atoms with E-state index in [-0.39, 0.29) is 0 Å². The van der Waals surface area contributed by atoms with Crippen LogP contribution < -0.4 is 0 Å². The van der Waals surface area contributed by atoms with Crippen LogP contribution in [0.2, 0.25) is 0 Å². The van der Waals surface area contributed by atoms with Crippen LogP contribution in [-0.4, -0.2) is 12.2 Å². The van der Waals surface area contributed by atoms with Gasteiger partial charge in [-0.05, 0) is 24.8 Å². The predicted octanol–water partition coefficient (Wildman–Crippen LogP) is 2.72. The minimum Gasteiger partial charge on any atom is -0.374 e. The minimum absolute atomic E-state index is 0.521. The van der Waals surface area contributed by atoms with Gasteiger partial charge in [0.2, 0.25) is 0 Å². The van der Waals surface area contributed by atoms with E-state index in [1.807, 2.05) is 0 Å². The van der Waals surface area contributed by atoms with Gasteiger partial charge in [-0.3, -0.25) is 0 Å². The Hall–Kier alpha value is -0.820. The fourth-order valence-electron chi connectivity index (χ4n) is 2.69. The van der Waals surface area contributed by atoms with E-state index in [0.717, 1.165) is 0 Å². The number of ether oxygens (including phenoxy) is 1. The summed E-state index contributed by atoms with van der Waals surface area (Å²) in [6.45, 7) is 0. The van der Waals surface area contributed by atoms with Crippen molar-refractivity contribution in [1.82, 2.24) is 0 Å². The Morgan fingerprint density at radius 3 is 2.54 bits per heavy atom. The zero-order chi connectivity index (χ0) is 8.67. The van der Waals surface area contributed by atoms with E-state index in [1.165, 1.54) is 24.8 Å². The minimum atomic E-state index is 0.521. The molecule has 2 bridgehead atoms. The van der Waals surface area contributed by atoms with Gasteiger partial charge in [-0.1, -0.05) is 30.3 Å². The molecular formula is C12H14O. The first-order chi connectivity index (χ1) is 6.43. The molecule has 0 unspecified atom stereocenters. The molecule has 13 heavy (non-hydrogen) atoms. The molecule has 2 heterocycles. The van der Waals surface area contributed by atoms with Crippen LogP contribution in [0.3, 0.4) is 0 Å². The van der Waals surface area contributed by atoms with Crippen molar-refractivity contribution in [3.05, 3.63) is 35.9 Å². The number of hydrogen-bond acceptors (Lipinski definition) is 1. The molecule has 0 aromatic heterocycles. The average Bonchev–Trinajstić information content (AvgIpc) is 2.80. The van der Waals surface area contributed by atoms with Crippen LogP contribution in [0.15, 0.2) is 30.3 Å². The van der Waals surface area contributed by atoms with Crippen LogP contribution in [0.1, 0.15) is 30.7 Å². The van der Waals surface area contributed by atoms with Gasteiger partial charge in [0.1, 0.15) is 0 Å². The number of fused-ring (bicyclic) bond motifs is 2. The molecule has 0 aliphatic carbocycles. The molecule has 0 spiro atoms. The van der Waals surface area contributed by atoms with E-state index in [4.69, 9.17) is 4.74 Å². The first-order valence-electron chi connectivity index (χ1n) is 5.14. The quantitative estimate of drug-likeness (QED) is 0.636. The van der Waals surface area contributed by atoms with Gasteiger partial charge in [0.15, 0.2) is 0 Å². The lowest BCUT2D eigenvalue weighted by atomic mass is 9.84. The molecule has 2 fully saturated rings. The first kappa shape index (κ1) is 7.57. The van der Waals surface area contributed by atoms with Crippen LogP contribution >= 0.6 is 0 Å². The maximum Gasteiger partial charge on any atom is 0.0649 e. The van der Waals surface area contributed by atoms with Gasteiger partial charge in [-0.15, -0.1) is 0 Å². The molecule has 0 amide bonds. The lowest BCUT2D eigenvalue weighted by Gasteiger charge is -2.18. The molecule has 0 N–H and O–H groups in total. The Bertz CT molecular complexity index is 293. The van der Waals surface area contributed by atoms with Crippen molar-refractivity contribution in [2.24, 2.45) is 0 Å². The van der Waals surface area contributed by atoms with Crippen LogP contribution in [0.25, 0.3) is 0 Å². The molecule has 2 aliphatic heterocycles. The Labute approximate surface area is 78.7 Å². The van der Waals surface area contributed by atoms with Crippen molar-refractivity contribution in [2.75, 3.05) is 0 Å². The highest BCUT2D eigenvalue weighted by Crippen LogP contribution is 2.44. The fourth-order valence-corrected chi connectivity index (χ4v) is 2.69. The topological polar surface area (TPSA) is 9.23 Å². The highest BCUT2D eigenvalue weighted by Gasteiger charge is 2.41. The van der Waals surface area contributed by atoms with Gasteiger partial charge in [0, 0.05) is 5.92 Å². The van der Waals surface area contributed by atoms with Crippen molar-refractivity contribution >= 4 is 0 Å². The second kappa shape index (κ2) is 2.85. The number of hydrogen-bond donors (Lipinski definition) is 0. The van der Waals surface area contributed by atoms with E-state index in [2.05, 4.69) is 30.3 Å². The van der Waals surface area contributed by atoms with E-state index in [1.54, 1.807) is 0 Å². The Morgan fingerprint density at radius 2 is 1.92 bits per heavy atom. The largest absolute Gasteiger partial charge is 0.374 e. The molecule has 1 aromatic rings. The van der Waals surface area contributed by atoms with Gasteiger partial charge in [0.05, 0.1) is 12.2 Å². The maximum absolute atomic E-state index is 5.84. The second-order valence-corrected chi connectivity index (χ2v) is 4.13. The lowest BCUT2D eigenvalue weighted by molar-refractivity contribution is 0.101. The Balaban J connectivity index is 1.87. The van der Waals surface area contributed by atoms with Crippen molar-refractivity contribution in [2.45, 2.75) is 37.4 Å². The summed E-state index contributed by atoms with van der Waals surface area (Å²) in [4.78, 5) is 0. The molecule has 1 aromatic carbocycles. The summed E-state index contributed by atoms with van der Waals surface area (Å²) in [7, 11) is 0. The summed E-state index contributed by atoms with van der Waals surface area (Å²) in [5, 5.41) is 0. The molecule has 1 nitrogen and oxygen atoms in total. The van der Waals surface area contributed by atoms with Crippen molar-refractivity contribution in [3.63, 3.8) is 0 Å². The van der Waals surface area contributed by atoms with Crippen molar-refractivity contribution in [3.8, 4) is 0 Å². The predicted molar refractivity (Wildman–Crippen MR) is 51.7 cm³/mol. The van der Waals surface area contributed by atoms with Crippen molar-refractivity contribution < 1.29 is 4.74 Å². The standard InChI is InChI=1S/C12H14O/c1-2-4-9(5-3-1)11-8-10-6-7-12(11)13-10/h1-5,10-12H,6-8H2/t10-,11+,12+/m1/s1. The molecule has 0 saturated carbocycles. The third kappa shape index (κ3) is 1.19. The Morgan fingerprint density at radius 1 is 1.08 bits per heavy atom. The molecule has 2 aliphatic rings. The summed E-state index contributed by atoms with van der Waals surface area (Å²) in [6, 6.07) is 10.8. The fraction of sp³-hybridized carbons (Fsp3) is 0.500. The summed E-state index contributed by atoms with van der Waals surface area (Å²) < 4.78 is 5.84. The molecule has 3 rings (SSSR count). The smallest absolute Gasteiger partial charge is 0.0649 e. The van der Waals surface area contributed by atoms with Gasteiger partial charge in [-0.25, -0.2) is 0 Å². The molecule has 2 saturated heterocycles. The van der Waals surface area contributed by atoms with Gasteiger partial charge < -0.3 is 4.74 Å². The van der Waals surface area contributed by atoms with Crippen LogP contribution in [0.4, 0.5) is 0 Å². The van der Waals surface area contributed by atoms with Gasteiger partial charge >= 0.3 is 0 Å². The lowest BCUT2D eigenvalue weighted by Crippen LogP contribution is -2.13. The number of rotatable bonds is 1. The molecule has 3 atom stereocenters. The second-order valence-electron chi connectivity index (χ2n) is 4.13. The van der Waals surface area contributed by atoms with Gasteiger partial charge in [-0.2, -0.15) is 0 Å². The summed E-state index contributed by atoms with van der Waals surface area (Å²) in [6.07, 6.45) is 4.88. The molecule has 0 radical (unpaired) electrons. The monoisotopic (exact) mass is 174 g/mol. The highest BCUT2D eigenvalue weighted by molar-refractivity contribution is 5.23. The van der Waals surface area contributed by atoms with Crippen molar-refractivity contribution in [1.29, 1.82) is 0 Å². The zero-order valence-corrected chi connectivity index (χ0v) is 7.65. The number of benzene rings is 1. The van der Waals surface area contributed by atoms with E-state index < -0.39 is 0 Å². The average molecular weight is 174 g/mol. The van der Waals surface area contributed by atoms with Crippen LogP contribution in [-0.2, 0) is 4.74 Å². The van der Waals surface area contributed by atoms with E-state index in [9.17, 15) is 0 Å². The zero-order valence-electron chi connectivity index (χ0n) is 7.65. The van der Waals surface area contributed by atoms with Crippen LogP contribution in [0.5, 0.6) is 0 Å². The van der Waals surface area contributed by atoms with E-state index in [0.29, 0.717) is 18.1 Å². The van der Waals surface area contributed by atoms with Gasteiger partial charge in [0.25, 0.3) is 0 Å². The first-order valence-corrected chi connectivity index (χ1v) is 5.14. The van der Waals surface area contributed by atoms with E-state index >= 15 is 0 Å². The highest BCUT2D eigenvalue weighted by atomic mass is 16.5. The summed E-state index contributed by atoms with van der Waals surface area (Å²) in [5.74, 6) is 0.681. The molecular weight excluding hydrogens is 160 g/mol. The Kier molecular flexibility index (Phi) is 1.66. The normalized spacial score (nSPS) is 36.8. The third-order valence-corrected chi connectivity index (χ3v) is 3.33.